The first kappa shape index (κ1) is 14.3. The summed E-state index contributed by atoms with van der Waals surface area (Å²) in [6.45, 7) is 7.40. The third kappa shape index (κ3) is 4.55. The van der Waals surface area contributed by atoms with Gasteiger partial charge in [0.25, 0.3) is 0 Å². The average molecular weight is 252 g/mol. The minimum atomic E-state index is 1.02. The molecule has 0 aliphatic carbocycles. The van der Waals surface area contributed by atoms with Gasteiger partial charge in [-0.15, -0.1) is 0 Å². The van der Waals surface area contributed by atoms with Crippen LogP contribution >= 0.6 is 0 Å². The Balaban J connectivity index is 1.73. The lowest BCUT2D eigenvalue weighted by molar-refractivity contribution is 0.211. The third-order valence-electron chi connectivity index (χ3n) is 5.11. The molecule has 0 aromatic rings. The molecule has 1 atom stereocenters. The van der Waals surface area contributed by atoms with Gasteiger partial charge < -0.3 is 10.6 Å². The van der Waals surface area contributed by atoms with Gasteiger partial charge in [-0.1, -0.05) is 26.2 Å². The molecule has 2 rings (SSSR count). The first-order chi connectivity index (χ1) is 8.90. The molecule has 2 fully saturated rings. The van der Waals surface area contributed by atoms with Crippen molar-refractivity contribution in [2.24, 2.45) is 17.8 Å². The van der Waals surface area contributed by atoms with E-state index < -0.39 is 0 Å². The molecule has 0 aromatic carbocycles. The molecule has 2 nitrogen and oxygen atoms in total. The smallest absolute Gasteiger partial charge is 0.00462 e. The van der Waals surface area contributed by atoms with Crippen LogP contribution in [0.1, 0.15) is 58.3 Å². The van der Waals surface area contributed by atoms with Crippen LogP contribution in [0.3, 0.4) is 0 Å². The number of nitrogens with one attached hydrogen (secondary N) is 2. The molecule has 18 heavy (non-hydrogen) atoms. The molecule has 0 amide bonds. The summed E-state index contributed by atoms with van der Waals surface area (Å²) >= 11 is 0. The second kappa shape index (κ2) is 8.16. The Kier molecular flexibility index (Phi) is 6.50. The van der Waals surface area contributed by atoms with Gasteiger partial charge in [0.1, 0.15) is 0 Å². The molecule has 2 N–H and O–H groups in total. The SMILES string of the molecule is CCCC(CCC1CCNCC1)C1CCNCC1. The van der Waals surface area contributed by atoms with E-state index in [0.29, 0.717) is 0 Å². The zero-order valence-electron chi connectivity index (χ0n) is 12.2. The van der Waals surface area contributed by atoms with Gasteiger partial charge in [-0.2, -0.15) is 0 Å². The van der Waals surface area contributed by atoms with Gasteiger partial charge in [-0.05, 0) is 76.0 Å². The maximum absolute atomic E-state index is 3.51. The lowest BCUT2D eigenvalue weighted by atomic mass is 9.77. The standard InChI is InChI=1S/C16H32N2/c1-2-3-15(16-8-12-18-13-9-16)5-4-14-6-10-17-11-7-14/h14-18H,2-13H2,1H3. The van der Waals surface area contributed by atoms with E-state index >= 15 is 0 Å². The molecule has 0 bridgehead atoms. The van der Waals surface area contributed by atoms with Crippen molar-refractivity contribution in [2.45, 2.75) is 58.3 Å². The van der Waals surface area contributed by atoms with E-state index in [-0.39, 0.29) is 0 Å². The van der Waals surface area contributed by atoms with Gasteiger partial charge in [0.15, 0.2) is 0 Å². The summed E-state index contributed by atoms with van der Waals surface area (Å²) in [6, 6.07) is 0. The summed E-state index contributed by atoms with van der Waals surface area (Å²) in [5.74, 6) is 3.06. The highest BCUT2D eigenvalue weighted by atomic mass is 14.9. The Hall–Kier alpha value is -0.0800. The lowest BCUT2D eigenvalue weighted by Gasteiger charge is -2.32. The fourth-order valence-corrected chi connectivity index (χ4v) is 3.92. The van der Waals surface area contributed by atoms with Crippen molar-refractivity contribution >= 4 is 0 Å². The van der Waals surface area contributed by atoms with E-state index in [1.165, 1.54) is 77.5 Å². The zero-order chi connectivity index (χ0) is 12.6. The monoisotopic (exact) mass is 252 g/mol. The average Bonchev–Trinajstić information content (AvgIpc) is 2.45. The van der Waals surface area contributed by atoms with E-state index in [1.807, 2.05) is 0 Å². The summed E-state index contributed by atoms with van der Waals surface area (Å²) in [5, 5.41) is 6.99. The Morgan fingerprint density at radius 1 is 0.889 bits per heavy atom. The quantitative estimate of drug-likeness (QED) is 0.758. The van der Waals surface area contributed by atoms with Crippen LogP contribution in [-0.4, -0.2) is 26.2 Å². The number of rotatable bonds is 6. The number of hydrogen-bond donors (Lipinski definition) is 2. The molecule has 0 radical (unpaired) electrons. The Morgan fingerprint density at radius 3 is 2.11 bits per heavy atom. The molecular weight excluding hydrogens is 220 g/mol. The Morgan fingerprint density at radius 2 is 1.50 bits per heavy atom. The van der Waals surface area contributed by atoms with E-state index in [9.17, 15) is 0 Å². The summed E-state index contributed by atoms with van der Waals surface area (Å²) in [7, 11) is 0. The predicted molar refractivity (Wildman–Crippen MR) is 78.8 cm³/mol. The second-order valence-corrected chi connectivity index (χ2v) is 6.41. The van der Waals surface area contributed by atoms with Crippen molar-refractivity contribution in [3.05, 3.63) is 0 Å². The van der Waals surface area contributed by atoms with Crippen LogP contribution in [0.5, 0.6) is 0 Å². The van der Waals surface area contributed by atoms with Crippen LogP contribution in [0.4, 0.5) is 0 Å². The normalized spacial score (nSPS) is 25.2. The molecule has 2 heteroatoms. The van der Waals surface area contributed by atoms with Crippen LogP contribution in [0.25, 0.3) is 0 Å². The van der Waals surface area contributed by atoms with Crippen LogP contribution < -0.4 is 10.6 Å². The number of hydrogen-bond acceptors (Lipinski definition) is 2. The van der Waals surface area contributed by atoms with E-state index in [4.69, 9.17) is 0 Å². The molecule has 0 aromatic heterocycles. The van der Waals surface area contributed by atoms with Gasteiger partial charge in [0.2, 0.25) is 0 Å². The fraction of sp³-hybridized carbons (Fsp3) is 1.00. The van der Waals surface area contributed by atoms with Gasteiger partial charge in [0.05, 0.1) is 0 Å². The minimum Gasteiger partial charge on any atom is -0.317 e. The topological polar surface area (TPSA) is 24.1 Å². The summed E-state index contributed by atoms with van der Waals surface area (Å²) in [4.78, 5) is 0. The number of piperidine rings is 2. The van der Waals surface area contributed by atoms with E-state index in [1.54, 1.807) is 0 Å². The Labute approximate surface area is 113 Å². The van der Waals surface area contributed by atoms with E-state index in [2.05, 4.69) is 17.6 Å². The van der Waals surface area contributed by atoms with Crippen molar-refractivity contribution in [3.63, 3.8) is 0 Å². The molecule has 2 saturated heterocycles. The van der Waals surface area contributed by atoms with Crippen LogP contribution in [0, 0.1) is 17.8 Å². The van der Waals surface area contributed by atoms with E-state index in [0.717, 1.165) is 17.8 Å². The highest BCUT2D eigenvalue weighted by molar-refractivity contribution is 4.78. The lowest BCUT2D eigenvalue weighted by Crippen LogP contribution is -2.32. The van der Waals surface area contributed by atoms with Crippen molar-refractivity contribution in [1.82, 2.24) is 10.6 Å². The first-order valence-electron chi connectivity index (χ1n) is 8.31. The highest BCUT2D eigenvalue weighted by Gasteiger charge is 2.24. The van der Waals surface area contributed by atoms with Crippen LogP contribution in [0.15, 0.2) is 0 Å². The van der Waals surface area contributed by atoms with Gasteiger partial charge in [-0.3, -0.25) is 0 Å². The van der Waals surface area contributed by atoms with Gasteiger partial charge in [0, 0.05) is 0 Å². The summed E-state index contributed by atoms with van der Waals surface area (Å²) < 4.78 is 0. The molecule has 0 spiro atoms. The maximum Gasteiger partial charge on any atom is -0.00462 e. The molecule has 0 saturated carbocycles. The van der Waals surface area contributed by atoms with Crippen LogP contribution in [0.2, 0.25) is 0 Å². The second-order valence-electron chi connectivity index (χ2n) is 6.41. The molecule has 2 heterocycles. The molecule has 2 aliphatic heterocycles. The largest absolute Gasteiger partial charge is 0.317 e. The van der Waals surface area contributed by atoms with Gasteiger partial charge in [-0.25, -0.2) is 0 Å². The zero-order valence-corrected chi connectivity index (χ0v) is 12.2. The predicted octanol–water partition coefficient (Wildman–Crippen LogP) is 3.18. The van der Waals surface area contributed by atoms with Crippen LogP contribution in [-0.2, 0) is 0 Å². The molecule has 106 valence electrons. The van der Waals surface area contributed by atoms with Crippen molar-refractivity contribution in [2.75, 3.05) is 26.2 Å². The summed E-state index contributed by atoms with van der Waals surface area (Å²) in [6.07, 6.45) is 11.5. The minimum absolute atomic E-state index is 1.02. The van der Waals surface area contributed by atoms with Gasteiger partial charge >= 0.3 is 0 Å². The first-order valence-corrected chi connectivity index (χ1v) is 8.31. The maximum atomic E-state index is 3.51. The molecule has 1 unspecified atom stereocenters. The highest BCUT2D eigenvalue weighted by Crippen LogP contribution is 2.32. The van der Waals surface area contributed by atoms with Crippen molar-refractivity contribution in [3.8, 4) is 0 Å². The molecular formula is C16H32N2. The third-order valence-corrected chi connectivity index (χ3v) is 5.11. The summed E-state index contributed by atoms with van der Waals surface area (Å²) in [5.41, 5.74) is 0. The Bertz CT molecular complexity index is 205. The van der Waals surface area contributed by atoms with Crippen molar-refractivity contribution < 1.29 is 0 Å². The van der Waals surface area contributed by atoms with Crippen molar-refractivity contribution in [1.29, 1.82) is 0 Å². The fourth-order valence-electron chi connectivity index (χ4n) is 3.92. The molecule has 2 aliphatic rings.